The molecule has 35 heavy (non-hydrogen) atoms. The fourth-order valence-corrected chi connectivity index (χ4v) is 6.65. The summed E-state index contributed by atoms with van der Waals surface area (Å²) >= 11 is 1.45. The smallest absolute Gasteiger partial charge is 0.327 e. The molecule has 5 aromatic rings. The number of nitrogens with zero attached hydrogens (tertiary/aromatic N) is 2. The van der Waals surface area contributed by atoms with Crippen LogP contribution < -0.4 is 5.56 Å². The maximum atomic E-state index is 13.1. The van der Waals surface area contributed by atoms with Crippen LogP contribution in [0.3, 0.4) is 0 Å². The summed E-state index contributed by atoms with van der Waals surface area (Å²) in [6.45, 7) is 0. The first-order valence-electron chi connectivity index (χ1n) is 11.6. The van der Waals surface area contributed by atoms with Gasteiger partial charge in [-0.1, -0.05) is 53.7 Å². The van der Waals surface area contributed by atoms with Crippen molar-refractivity contribution in [1.82, 2.24) is 9.72 Å². The number of thioether (sulfide) groups is 1. The van der Waals surface area contributed by atoms with Crippen molar-refractivity contribution in [2.45, 2.75) is 29.8 Å². The van der Waals surface area contributed by atoms with E-state index in [0.717, 1.165) is 56.1 Å². The molecule has 1 saturated carbocycles. The highest BCUT2D eigenvalue weighted by atomic mass is 32.2. The Morgan fingerprint density at radius 1 is 1.00 bits per heavy atom. The zero-order chi connectivity index (χ0) is 23.7. The van der Waals surface area contributed by atoms with Gasteiger partial charge in [0, 0.05) is 29.0 Å². The van der Waals surface area contributed by atoms with Gasteiger partial charge in [0.1, 0.15) is 11.7 Å². The molecule has 0 spiro atoms. The van der Waals surface area contributed by atoms with Crippen LogP contribution in [0.25, 0.3) is 44.1 Å². The Hall–Kier alpha value is -3.84. The number of hydrogen-bond donors (Lipinski definition) is 1. The molecule has 7 heteroatoms. The lowest BCUT2D eigenvalue weighted by molar-refractivity contribution is -0.140. The van der Waals surface area contributed by atoms with Crippen molar-refractivity contribution in [3.63, 3.8) is 0 Å². The molecule has 6 nitrogen and oxygen atoms in total. The number of carboxylic acids is 1. The van der Waals surface area contributed by atoms with Gasteiger partial charge in [-0.05, 0) is 51.9 Å². The predicted molar refractivity (Wildman–Crippen MR) is 136 cm³/mol. The van der Waals surface area contributed by atoms with E-state index in [-0.39, 0.29) is 5.56 Å². The molecule has 1 unspecified atom stereocenters. The molecular formula is C28H20N2O4S. The van der Waals surface area contributed by atoms with E-state index in [9.17, 15) is 14.7 Å². The van der Waals surface area contributed by atoms with Gasteiger partial charge in [-0.3, -0.25) is 9.36 Å². The average molecular weight is 481 g/mol. The minimum atomic E-state index is -0.974. The van der Waals surface area contributed by atoms with E-state index in [0.29, 0.717) is 23.1 Å². The average Bonchev–Trinajstić information content (AvgIpc) is 3.40. The second-order valence-corrected chi connectivity index (χ2v) is 10.2. The lowest BCUT2D eigenvalue weighted by atomic mass is 9.94. The third-order valence-electron chi connectivity index (χ3n) is 7.01. The first-order valence-corrected chi connectivity index (χ1v) is 12.6. The molecule has 172 valence electrons. The van der Waals surface area contributed by atoms with Crippen LogP contribution in [0.1, 0.15) is 30.4 Å². The lowest BCUT2D eigenvalue weighted by Gasteiger charge is -2.14. The van der Waals surface area contributed by atoms with Gasteiger partial charge in [0.05, 0.1) is 5.03 Å². The molecule has 0 saturated heterocycles. The summed E-state index contributed by atoms with van der Waals surface area (Å²) in [5.41, 5.74) is 3.14. The van der Waals surface area contributed by atoms with Crippen LogP contribution in [0, 0.1) is 0 Å². The maximum Gasteiger partial charge on any atom is 0.327 e. The fraction of sp³-hybridized carbons (Fsp3) is 0.179. The first kappa shape index (κ1) is 20.5. The maximum absolute atomic E-state index is 13.1. The van der Waals surface area contributed by atoms with Crippen LogP contribution in [-0.4, -0.2) is 26.6 Å². The molecule has 0 radical (unpaired) electrons. The number of aliphatic carboxylic acids is 1. The number of hydrogen-bond acceptors (Lipinski definition) is 5. The summed E-state index contributed by atoms with van der Waals surface area (Å²) < 4.78 is 7.33. The topological polar surface area (TPSA) is 85.3 Å². The fourth-order valence-electron chi connectivity index (χ4n) is 5.25. The Bertz CT molecular complexity index is 1680. The number of carbonyl (C=O) groups is 1. The normalized spacial score (nSPS) is 17.2. The molecule has 1 aliphatic heterocycles. The quantitative estimate of drug-likeness (QED) is 0.314. The molecule has 2 aromatic heterocycles. The standard InChI is InChI=1S/C28H20N2O4S/c31-24-12-20(25(15-9-10-15)27-30(24)22(14-35-27)28(32)33)23-13-21(29-34-23)26-18-7-3-1-5-16(18)11-17-6-2-4-8-19(17)26/h1-8,11-13,15,22H,9-10,14H2,(H,32,33). The van der Waals surface area contributed by atoms with Gasteiger partial charge in [0.2, 0.25) is 0 Å². The van der Waals surface area contributed by atoms with E-state index < -0.39 is 12.0 Å². The zero-order valence-electron chi connectivity index (χ0n) is 18.6. The molecule has 2 aliphatic rings. The Morgan fingerprint density at radius 3 is 2.34 bits per heavy atom. The van der Waals surface area contributed by atoms with Gasteiger partial charge < -0.3 is 9.63 Å². The summed E-state index contributed by atoms with van der Waals surface area (Å²) in [6.07, 6.45) is 2.04. The molecule has 3 heterocycles. The Labute approximate surface area is 204 Å². The van der Waals surface area contributed by atoms with Crippen molar-refractivity contribution < 1.29 is 14.4 Å². The number of benzene rings is 3. The highest BCUT2D eigenvalue weighted by Gasteiger charge is 2.38. The van der Waals surface area contributed by atoms with Gasteiger partial charge in [0.15, 0.2) is 5.76 Å². The van der Waals surface area contributed by atoms with Crippen molar-refractivity contribution in [2.24, 2.45) is 0 Å². The minimum absolute atomic E-state index is 0.304. The monoisotopic (exact) mass is 480 g/mol. The van der Waals surface area contributed by atoms with E-state index in [1.165, 1.54) is 22.4 Å². The molecule has 1 N–H and O–H groups in total. The van der Waals surface area contributed by atoms with Crippen LogP contribution >= 0.6 is 11.8 Å². The van der Waals surface area contributed by atoms with Crippen LogP contribution in [0.4, 0.5) is 0 Å². The van der Waals surface area contributed by atoms with Gasteiger partial charge in [-0.2, -0.15) is 0 Å². The second kappa shape index (κ2) is 7.58. The number of carboxylic acid groups (broad SMARTS) is 1. The van der Waals surface area contributed by atoms with E-state index in [1.54, 1.807) is 0 Å². The van der Waals surface area contributed by atoms with Crippen molar-refractivity contribution >= 4 is 39.3 Å². The molecular weight excluding hydrogens is 460 g/mol. The second-order valence-electron chi connectivity index (χ2n) is 9.19. The predicted octanol–water partition coefficient (Wildman–Crippen LogP) is 6.09. The van der Waals surface area contributed by atoms with Crippen molar-refractivity contribution in [3.05, 3.63) is 82.6 Å². The van der Waals surface area contributed by atoms with E-state index in [1.807, 2.05) is 30.3 Å². The zero-order valence-corrected chi connectivity index (χ0v) is 19.4. The molecule has 0 bridgehead atoms. The molecule has 1 fully saturated rings. The third kappa shape index (κ3) is 3.15. The molecule has 1 aliphatic carbocycles. The molecule has 7 rings (SSSR count). The summed E-state index contributed by atoms with van der Waals surface area (Å²) in [7, 11) is 0. The number of aromatic nitrogens is 2. The van der Waals surface area contributed by atoms with Gasteiger partial charge in [0.25, 0.3) is 5.56 Å². The largest absolute Gasteiger partial charge is 0.480 e. The van der Waals surface area contributed by atoms with Gasteiger partial charge in [-0.15, -0.1) is 11.8 Å². The van der Waals surface area contributed by atoms with Gasteiger partial charge in [-0.25, -0.2) is 4.79 Å². The summed E-state index contributed by atoms with van der Waals surface area (Å²) in [5, 5.41) is 19.3. The molecule has 1 atom stereocenters. The van der Waals surface area contributed by atoms with Crippen LogP contribution in [0.15, 0.2) is 81.1 Å². The SMILES string of the molecule is O=C(O)C1CSc2c(C3CC3)c(-c3cc(-c4c5ccccc5cc5ccccc45)no3)cc(=O)n21. The minimum Gasteiger partial charge on any atom is -0.480 e. The highest BCUT2D eigenvalue weighted by molar-refractivity contribution is 7.99. The van der Waals surface area contributed by atoms with Gasteiger partial charge >= 0.3 is 5.97 Å². The summed E-state index contributed by atoms with van der Waals surface area (Å²) in [4.78, 5) is 24.8. The number of pyridine rings is 1. The van der Waals surface area contributed by atoms with Crippen LogP contribution in [0.2, 0.25) is 0 Å². The Kier molecular flexibility index (Phi) is 4.45. The molecule has 3 aromatic carbocycles. The van der Waals surface area contributed by atoms with Crippen LogP contribution in [0.5, 0.6) is 0 Å². The summed E-state index contributed by atoms with van der Waals surface area (Å²) in [5.74, 6) is 0.229. The van der Waals surface area contributed by atoms with E-state index >= 15 is 0 Å². The van der Waals surface area contributed by atoms with Crippen LogP contribution in [-0.2, 0) is 4.79 Å². The lowest BCUT2D eigenvalue weighted by Crippen LogP contribution is -2.29. The Balaban J connectivity index is 1.44. The third-order valence-corrected chi connectivity index (χ3v) is 8.18. The summed E-state index contributed by atoms with van der Waals surface area (Å²) in [6, 6.07) is 21.2. The highest BCUT2D eigenvalue weighted by Crippen LogP contribution is 2.50. The number of rotatable bonds is 4. The first-order chi connectivity index (χ1) is 17.1. The van der Waals surface area contributed by atoms with Crippen molar-refractivity contribution in [1.29, 1.82) is 0 Å². The van der Waals surface area contributed by atoms with E-state index in [4.69, 9.17) is 4.52 Å². The van der Waals surface area contributed by atoms with E-state index in [2.05, 4.69) is 35.5 Å². The van der Waals surface area contributed by atoms with Crippen molar-refractivity contribution in [2.75, 3.05) is 5.75 Å². The number of fused-ring (bicyclic) bond motifs is 3. The van der Waals surface area contributed by atoms with Crippen molar-refractivity contribution in [3.8, 4) is 22.6 Å². The molecule has 0 amide bonds. The Morgan fingerprint density at radius 2 is 1.69 bits per heavy atom.